The van der Waals surface area contributed by atoms with Crippen LogP contribution in [0.4, 0.5) is 11.5 Å². The number of hydrogen-bond donors (Lipinski definition) is 2. The van der Waals surface area contributed by atoms with E-state index in [9.17, 15) is 14.4 Å². The monoisotopic (exact) mass is 480 g/mol. The number of carbonyl (C=O) groups excluding carboxylic acids is 3. The first-order valence-corrected chi connectivity index (χ1v) is 12.0. The Kier molecular flexibility index (Phi) is 6.52. The second kappa shape index (κ2) is 9.38. The number of carbonyl (C=O) groups is 3. The summed E-state index contributed by atoms with van der Waals surface area (Å²) in [6.45, 7) is 7.93. The number of aromatic nitrogens is 2. The van der Waals surface area contributed by atoms with Crippen LogP contribution in [0, 0.1) is 12.8 Å². The van der Waals surface area contributed by atoms with Gasteiger partial charge >= 0.3 is 11.8 Å². The zero-order chi connectivity index (χ0) is 24.6. The van der Waals surface area contributed by atoms with E-state index in [1.807, 2.05) is 39.0 Å². The molecule has 0 aliphatic carbocycles. The molecular formula is C24H28N6O3S. The van der Waals surface area contributed by atoms with Crippen LogP contribution in [-0.2, 0) is 14.4 Å². The van der Waals surface area contributed by atoms with E-state index in [0.717, 1.165) is 15.8 Å². The van der Waals surface area contributed by atoms with Crippen molar-refractivity contribution < 1.29 is 14.4 Å². The van der Waals surface area contributed by atoms with E-state index in [-0.39, 0.29) is 24.4 Å². The molecule has 0 bridgehead atoms. The highest BCUT2D eigenvalue weighted by Crippen LogP contribution is 2.32. The van der Waals surface area contributed by atoms with Crippen LogP contribution in [0.1, 0.15) is 37.9 Å². The molecule has 10 heteroatoms. The summed E-state index contributed by atoms with van der Waals surface area (Å²) in [4.78, 5) is 50.9. The number of thiazole rings is 1. The van der Waals surface area contributed by atoms with Gasteiger partial charge in [0.15, 0.2) is 0 Å². The van der Waals surface area contributed by atoms with E-state index in [4.69, 9.17) is 5.73 Å². The van der Waals surface area contributed by atoms with Gasteiger partial charge in [0.2, 0.25) is 5.91 Å². The van der Waals surface area contributed by atoms with E-state index in [1.165, 1.54) is 17.5 Å². The number of nitrogen functional groups attached to an aromatic ring is 1. The number of anilines is 2. The summed E-state index contributed by atoms with van der Waals surface area (Å²) in [6.07, 6.45) is 1.42. The first-order valence-electron chi connectivity index (χ1n) is 11.1. The predicted molar refractivity (Wildman–Crippen MR) is 132 cm³/mol. The molecule has 2 atom stereocenters. The van der Waals surface area contributed by atoms with Crippen LogP contribution < -0.4 is 11.1 Å². The lowest BCUT2D eigenvalue weighted by atomic mass is 9.97. The number of pyridine rings is 1. The van der Waals surface area contributed by atoms with E-state index >= 15 is 0 Å². The second-order valence-electron chi connectivity index (χ2n) is 8.93. The Morgan fingerprint density at radius 1 is 1.15 bits per heavy atom. The van der Waals surface area contributed by atoms with Crippen LogP contribution in [0.5, 0.6) is 0 Å². The van der Waals surface area contributed by atoms with Crippen molar-refractivity contribution in [3.8, 4) is 0 Å². The highest BCUT2D eigenvalue weighted by molar-refractivity contribution is 7.16. The molecule has 1 aliphatic rings. The molecule has 34 heavy (non-hydrogen) atoms. The average Bonchev–Trinajstić information content (AvgIpc) is 3.28. The molecule has 0 radical (unpaired) electrons. The predicted octanol–water partition coefficient (Wildman–Crippen LogP) is 2.98. The van der Waals surface area contributed by atoms with Gasteiger partial charge in [-0.15, -0.1) is 11.3 Å². The number of nitrogens with two attached hydrogens (primary N) is 1. The van der Waals surface area contributed by atoms with Crippen molar-refractivity contribution in [2.24, 2.45) is 5.92 Å². The van der Waals surface area contributed by atoms with Crippen molar-refractivity contribution in [3.63, 3.8) is 0 Å². The number of piperazine rings is 1. The molecule has 0 saturated carbocycles. The summed E-state index contributed by atoms with van der Waals surface area (Å²) in [7, 11) is 0. The minimum absolute atomic E-state index is 0.0206. The lowest BCUT2D eigenvalue weighted by molar-refractivity contribution is -0.152. The Hall–Kier alpha value is -3.53. The third-order valence-corrected chi connectivity index (χ3v) is 6.90. The standard InChI is InChI=1S/C24H28N6O3S/c1-13(2)23(32)29-11-19(16-5-6-20-18(8-16)27-12-34-20)30(10-15(29)4)24(33)22(31)28-17-7-14(3)21(25)26-9-17/h5-9,12-13,15,19H,10-11H2,1-4H3,(H2,25,26)(H,28,31). The Labute approximate surface area is 202 Å². The van der Waals surface area contributed by atoms with Crippen molar-refractivity contribution >= 4 is 50.8 Å². The summed E-state index contributed by atoms with van der Waals surface area (Å²) >= 11 is 1.53. The van der Waals surface area contributed by atoms with E-state index in [1.54, 1.807) is 28.3 Å². The Bertz CT molecular complexity index is 1260. The second-order valence-corrected chi connectivity index (χ2v) is 9.81. The van der Waals surface area contributed by atoms with Gasteiger partial charge in [-0.3, -0.25) is 14.4 Å². The fourth-order valence-electron chi connectivity index (χ4n) is 4.17. The molecule has 3 aromatic rings. The average molecular weight is 481 g/mol. The summed E-state index contributed by atoms with van der Waals surface area (Å²) in [5, 5.41) is 2.63. The summed E-state index contributed by atoms with van der Waals surface area (Å²) in [5.74, 6) is -1.22. The van der Waals surface area contributed by atoms with Gasteiger partial charge in [-0.1, -0.05) is 19.9 Å². The van der Waals surface area contributed by atoms with Gasteiger partial charge in [0, 0.05) is 25.0 Å². The van der Waals surface area contributed by atoms with Crippen molar-refractivity contribution in [1.29, 1.82) is 0 Å². The number of rotatable bonds is 3. The molecule has 2 unspecified atom stereocenters. The van der Waals surface area contributed by atoms with Gasteiger partial charge in [0.1, 0.15) is 5.82 Å². The van der Waals surface area contributed by atoms with Crippen molar-refractivity contribution in [3.05, 3.63) is 47.1 Å². The lowest BCUT2D eigenvalue weighted by Crippen LogP contribution is -2.59. The minimum atomic E-state index is -0.762. The SMILES string of the molecule is Cc1cc(NC(=O)C(=O)N2CC(C)N(C(=O)C(C)C)CC2c2ccc3scnc3c2)cnc1N. The summed E-state index contributed by atoms with van der Waals surface area (Å²) in [6, 6.07) is 6.78. The Morgan fingerprint density at radius 2 is 1.91 bits per heavy atom. The smallest absolute Gasteiger partial charge is 0.313 e. The molecule has 4 rings (SSSR count). The normalized spacial score (nSPS) is 18.4. The topological polar surface area (TPSA) is 122 Å². The number of hydrogen-bond acceptors (Lipinski definition) is 7. The van der Waals surface area contributed by atoms with Gasteiger partial charge in [-0.25, -0.2) is 9.97 Å². The molecule has 9 nitrogen and oxygen atoms in total. The van der Waals surface area contributed by atoms with Crippen LogP contribution in [0.25, 0.3) is 10.2 Å². The third kappa shape index (κ3) is 4.58. The quantitative estimate of drug-likeness (QED) is 0.556. The molecule has 178 valence electrons. The van der Waals surface area contributed by atoms with Crippen LogP contribution in [-0.4, -0.2) is 56.6 Å². The maximum absolute atomic E-state index is 13.4. The number of nitrogens with zero attached hydrogens (tertiary/aromatic N) is 4. The molecule has 1 fully saturated rings. The summed E-state index contributed by atoms with van der Waals surface area (Å²) in [5.41, 5.74) is 10.3. The largest absolute Gasteiger partial charge is 0.383 e. The number of fused-ring (bicyclic) bond motifs is 1. The van der Waals surface area contributed by atoms with Gasteiger partial charge in [0.05, 0.1) is 33.7 Å². The number of amides is 3. The maximum Gasteiger partial charge on any atom is 0.313 e. The van der Waals surface area contributed by atoms with Gasteiger partial charge in [0.25, 0.3) is 0 Å². The highest BCUT2D eigenvalue weighted by atomic mass is 32.1. The molecule has 3 amide bonds. The van der Waals surface area contributed by atoms with E-state index in [0.29, 0.717) is 23.6 Å². The van der Waals surface area contributed by atoms with E-state index < -0.39 is 17.9 Å². The van der Waals surface area contributed by atoms with Crippen molar-refractivity contribution in [1.82, 2.24) is 19.8 Å². The maximum atomic E-state index is 13.4. The molecule has 3 N–H and O–H groups in total. The van der Waals surface area contributed by atoms with Crippen LogP contribution in [0.15, 0.2) is 36.0 Å². The lowest BCUT2D eigenvalue weighted by Gasteiger charge is -2.45. The van der Waals surface area contributed by atoms with Gasteiger partial charge < -0.3 is 20.9 Å². The third-order valence-electron chi connectivity index (χ3n) is 6.09. The molecule has 0 spiro atoms. The fourth-order valence-corrected chi connectivity index (χ4v) is 4.83. The Morgan fingerprint density at radius 3 is 2.62 bits per heavy atom. The van der Waals surface area contributed by atoms with Crippen LogP contribution in [0.2, 0.25) is 0 Å². The molecule has 3 heterocycles. The molecule has 2 aromatic heterocycles. The first-order chi connectivity index (χ1) is 16.2. The number of aryl methyl sites for hydroxylation is 1. The first kappa shape index (κ1) is 23.6. The van der Waals surface area contributed by atoms with Crippen molar-refractivity contribution in [2.75, 3.05) is 24.1 Å². The number of nitrogens with one attached hydrogen (secondary N) is 1. The summed E-state index contributed by atoms with van der Waals surface area (Å²) < 4.78 is 1.03. The van der Waals surface area contributed by atoms with Crippen LogP contribution in [0.3, 0.4) is 0 Å². The van der Waals surface area contributed by atoms with Gasteiger partial charge in [-0.05, 0) is 43.2 Å². The highest BCUT2D eigenvalue weighted by Gasteiger charge is 2.40. The van der Waals surface area contributed by atoms with Crippen LogP contribution >= 0.6 is 11.3 Å². The molecule has 1 saturated heterocycles. The van der Waals surface area contributed by atoms with Crippen molar-refractivity contribution in [2.45, 2.75) is 39.8 Å². The zero-order valence-electron chi connectivity index (χ0n) is 19.6. The number of benzene rings is 1. The van der Waals surface area contributed by atoms with Gasteiger partial charge in [-0.2, -0.15) is 0 Å². The molecular weight excluding hydrogens is 452 g/mol. The molecule has 1 aromatic carbocycles. The minimum Gasteiger partial charge on any atom is -0.383 e. The van der Waals surface area contributed by atoms with E-state index in [2.05, 4.69) is 15.3 Å². The Balaban J connectivity index is 1.64. The fraction of sp³-hybridized carbons (Fsp3) is 0.375. The zero-order valence-corrected chi connectivity index (χ0v) is 20.4. The molecule has 1 aliphatic heterocycles.